The molecule has 4 nitrogen and oxygen atoms in total. The van der Waals surface area contributed by atoms with E-state index in [0.717, 1.165) is 10.2 Å². The lowest BCUT2D eigenvalue weighted by atomic mass is 9.76. The summed E-state index contributed by atoms with van der Waals surface area (Å²) in [6.45, 7) is 5.01. The molecule has 2 rings (SSSR count). The number of halogens is 1. The lowest BCUT2D eigenvalue weighted by Gasteiger charge is -2.29. The summed E-state index contributed by atoms with van der Waals surface area (Å²) in [6, 6.07) is 7.76. The van der Waals surface area contributed by atoms with E-state index < -0.39 is 11.4 Å². The third-order valence-corrected chi connectivity index (χ3v) is 4.94. The first-order valence-electron chi connectivity index (χ1n) is 6.59. The summed E-state index contributed by atoms with van der Waals surface area (Å²) in [7, 11) is 0. The number of carbonyl (C=O) groups is 1. The number of rotatable bonds is 3. The van der Waals surface area contributed by atoms with Gasteiger partial charge in [-0.1, -0.05) is 19.9 Å². The van der Waals surface area contributed by atoms with Gasteiger partial charge in [0.2, 0.25) is 0 Å². The maximum absolute atomic E-state index is 11.7. The van der Waals surface area contributed by atoms with Gasteiger partial charge in [0, 0.05) is 17.6 Å². The molecule has 0 saturated carbocycles. The van der Waals surface area contributed by atoms with Crippen molar-refractivity contribution in [1.29, 1.82) is 5.26 Å². The highest BCUT2D eigenvalue weighted by Crippen LogP contribution is 2.41. The van der Waals surface area contributed by atoms with Crippen molar-refractivity contribution in [2.24, 2.45) is 11.3 Å². The largest absolute Gasteiger partial charge is 0.481 e. The summed E-state index contributed by atoms with van der Waals surface area (Å²) in [5.74, 6) is -0.689. The molecule has 106 valence electrons. The Morgan fingerprint density at radius 2 is 2.25 bits per heavy atom. The van der Waals surface area contributed by atoms with Gasteiger partial charge in [0.25, 0.3) is 0 Å². The van der Waals surface area contributed by atoms with Crippen LogP contribution < -0.4 is 4.90 Å². The van der Waals surface area contributed by atoms with E-state index in [4.69, 9.17) is 0 Å². The molecule has 1 aliphatic heterocycles. The molecule has 0 bridgehead atoms. The smallest absolute Gasteiger partial charge is 0.311 e. The standard InChI is InChI=1S/C15H17BrN2O2/c1-10(2)15(14(19)20)6-7-18(9-15)13-5-3-4-12(16)11(13)8-17/h3-5,10H,6-7,9H2,1-2H3,(H,19,20). The molecule has 1 fully saturated rings. The maximum atomic E-state index is 11.7. The predicted molar refractivity (Wildman–Crippen MR) is 80.6 cm³/mol. The average molecular weight is 337 g/mol. The number of hydrogen-bond acceptors (Lipinski definition) is 3. The van der Waals surface area contributed by atoms with Crippen LogP contribution in [0.1, 0.15) is 25.8 Å². The Bertz CT molecular complexity index is 580. The van der Waals surface area contributed by atoms with Gasteiger partial charge < -0.3 is 10.0 Å². The van der Waals surface area contributed by atoms with Crippen LogP contribution in [0.4, 0.5) is 5.69 Å². The van der Waals surface area contributed by atoms with Crippen molar-refractivity contribution < 1.29 is 9.90 Å². The zero-order chi connectivity index (χ0) is 14.9. The third-order valence-electron chi connectivity index (χ3n) is 4.28. The van der Waals surface area contributed by atoms with E-state index >= 15 is 0 Å². The molecule has 1 aromatic carbocycles. The quantitative estimate of drug-likeness (QED) is 0.920. The monoisotopic (exact) mass is 336 g/mol. The number of hydrogen-bond donors (Lipinski definition) is 1. The molecule has 1 atom stereocenters. The van der Waals surface area contributed by atoms with E-state index in [9.17, 15) is 15.2 Å². The first-order valence-corrected chi connectivity index (χ1v) is 7.38. The highest BCUT2D eigenvalue weighted by atomic mass is 79.9. The molecule has 5 heteroatoms. The summed E-state index contributed by atoms with van der Waals surface area (Å²) < 4.78 is 0.745. The van der Waals surface area contributed by atoms with E-state index in [1.807, 2.05) is 36.9 Å². The van der Waals surface area contributed by atoms with Crippen LogP contribution in [0.5, 0.6) is 0 Å². The Morgan fingerprint density at radius 1 is 1.55 bits per heavy atom. The molecule has 1 unspecified atom stereocenters. The zero-order valence-corrected chi connectivity index (χ0v) is 13.1. The predicted octanol–water partition coefficient (Wildman–Crippen LogP) is 3.26. The summed E-state index contributed by atoms with van der Waals surface area (Å²) in [5.41, 5.74) is 0.651. The van der Waals surface area contributed by atoms with E-state index in [2.05, 4.69) is 22.0 Å². The SMILES string of the molecule is CC(C)C1(C(=O)O)CCN(c2cccc(Br)c2C#N)C1. The Morgan fingerprint density at radius 3 is 2.75 bits per heavy atom. The second kappa shape index (κ2) is 5.45. The minimum absolute atomic E-state index is 0.0580. The first-order chi connectivity index (χ1) is 9.42. The molecular weight excluding hydrogens is 320 g/mol. The van der Waals surface area contributed by atoms with Crippen LogP contribution in [0, 0.1) is 22.7 Å². The van der Waals surface area contributed by atoms with Crippen molar-refractivity contribution in [3.63, 3.8) is 0 Å². The molecule has 1 aromatic rings. The fraction of sp³-hybridized carbons (Fsp3) is 0.467. The molecule has 0 radical (unpaired) electrons. The van der Waals surface area contributed by atoms with Gasteiger partial charge in [0.1, 0.15) is 6.07 Å². The van der Waals surface area contributed by atoms with Crippen molar-refractivity contribution in [1.82, 2.24) is 0 Å². The molecule has 1 saturated heterocycles. The average Bonchev–Trinajstić information content (AvgIpc) is 2.84. The van der Waals surface area contributed by atoms with E-state index in [0.29, 0.717) is 25.1 Å². The maximum Gasteiger partial charge on any atom is 0.311 e. The summed E-state index contributed by atoms with van der Waals surface area (Å²) in [5, 5.41) is 18.9. The lowest BCUT2D eigenvalue weighted by Crippen LogP contribution is -2.39. The number of nitriles is 1. The Hall–Kier alpha value is -1.54. The summed E-state index contributed by atoms with van der Waals surface area (Å²) in [4.78, 5) is 13.7. The minimum atomic E-state index is -0.747. The topological polar surface area (TPSA) is 64.3 Å². The second-order valence-electron chi connectivity index (χ2n) is 5.53. The molecule has 0 amide bonds. The van der Waals surface area contributed by atoms with Crippen LogP contribution >= 0.6 is 15.9 Å². The van der Waals surface area contributed by atoms with Gasteiger partial charge in [-0.2, -0.15) is 5.26 Å². The van der Waals surface area contributed by atoms with Gasteiger partial charge in [-0.3, -0.25) is 4.79 Å². The van der Waals surface area contributed by atoms with Crippen LogP contribution in [-0.4, -0.2) is 24.2 Å². The van der Waals surface area contributed by atoms with Gasteiger partial charge in [-0.15, -0.1) is 0 Å². The van der Waals surface area contributed by atoms with E-state index in [-0.39, 0.29) is 5.92 Å². The number of aliphatic carboxylic acids is 1. The molecule has 1 N–H and O–H groups in total. The van der Waals surface area contributed by atoms with Crippen LogP contribution in [0.2, 0.25) is 0 Å². The van der Waals surface area contributed by atoms with Gasteiger partial charge in [-0.05, 0) is 40.4 Å². The van der Waals surface area contributed by atoms with Gasteiger partial charge >= 0.3 is 5.97 Å². The van der Waals surface area contributed by atoms with Gasteiger partial charge in [-0.25, -0.2) is 0 Å². The van der Waals surface area contributed by atoms with Crippen molar-refractivity contribution in [2.75, 3.05) is 18.0 Å². The Kier molecular flexibility index (Phi) is 4.05. The van der Waals surface area contributed by atoms with Crippen molar-refractivity contribution in [2.45, 2.75) is 20.3 Å². The summed E-state index contributed by atoms with van der Waals surface area (Å²) >= 11 is 3.38. The van der Waals surface area contributed by atoms with Crippen LogP contribution in [0.3, 0.4) is 0 Å². The third kappa shape index (κ3) is 2.29. The second-order valence-corrected chi connectivity index (χ2v) is 6.39. The lowest BCUT2D eigenvalue weighted by molar-refractivity contribution is -0.150. The molecule has 1 heterocycles. The van der Waals surface area contributed by atoms with Crippen LogP contribution in [-0.2, 0) is 4.79 Å². The number of benzene rings is 1. The highest BCUT2D eigenvalue weighted by Gasteiger charge is 2.47. The Balaban J connectivity index is 2.37. The van der Waals surface area contributed by atoms with Gasteiger partial charge in [0.05, 0.1) is 16.7 Å². The fourth-order valence-electron chi connectivity index (χ4n) is 2.82. The molecule has 20 heavy (non-hydrogen) atoms. The molecule has 1 aliphatic rings. The fourth-order valence-corrected chi connectivity index (χ4v) is 3.26. The van der Waals surface area contributed by atoms with Crippen molar-refractivity contribution in [3.8, 4) is 6.07 Å². The van der Waals surface area contributed by atoms with Crippen LogP contribution in [0.25, 0.3) is 0 Å². The number of anilines is 1. The van der Waals surface area contributed by atoms with Gasteiger partial charge in [0.15, 0.2) is 0 Å². The molecular formula is C15H17BrN2O2. The normalized spacial score (nSPS) is 22.1. The minimum Gasteiger partial charge on any atom is -0.481 e. The highest BCUT2D eigenvalue weighted by molar-refractivity contribution is 9.10. The van der Waals surface area contributed by atoms with Crippen molar-refractivity contribution >= 4 is 27.6 Å². The van der Waals surface area contributed by atoms with E-state index in [1.54, 1.807) is 0 Å². The molecule has 0 spiro atoms. The number of carboxylic acids is 1. The van der Waals surface area contributed by atoms with Crippen LogP contribution in [0.15, 0.2) is 22.7 Å². The zero-order valence-electron chi connectivity index (χ0n) is 11.6. The van der Waals surface area contributed by atoms with Crippen molar-refractivity contribution in [3.05, 3.63) is 28.2 Å². The first kappa shape index (κ1) is 14.9. The Labute approximate surface area is 127 Å². The summed E-state index contributed by atoms with van der Waals surface area (Å²) in [6.07, 6.45) is 0.609. The molecule has 0 aliphatic carbocycles. The molecule has 0 aromatic heterocycles. The van der Waals surface area contributed by atoms with E-state index in [1.165, 1.54) is 0 Å². The number of carboxylic acid groups (broad SMARTS) is 1. The number of nitrogens with zero attached hydrogens (tertiary/aromatic N) is 2.